The Balaban J connectivity index is 2.07. The molecule has 1 N–H and O–H groups in total. The molecule has 1 aromatic carbocycles. The average molecular weight is 257 g/mol. The minimum atomic E-state index is 0.378. The first-order chi connectivity index (χ1) is 9.21. The van der Waals surface area contributed by atoms with E-state index in [0.717, 1.165) is 23.7 Å². The lowest BCUT2D eigenvalue weighted by Crippen LogP contribution is -2.05. The van der Waals surface area contributed by atoms with E-state index >= 15 is 0 Å². The van der Waals surface area contributed by atoms with Crippen LogP contribution in [0, 0.1) is 6.92 Å². The van der Waals surface area contributed by atoms with Crippen LogP contribution in [0.4, 0.5) is 5.82 Å². The van der Waals surface area contributed by atoms with Gasteiger partial charge in [0.05, 0.1) is 0 Å². The molecule has 0 aliphatic heterocycles. The summed E-state index contributed by atoms with van der Waals surface area (Å²) in [5.74, 6) is 2.36. The highest BCUT2D eigenvalue weighted by Crippen LogP contribution is 2.15. The van der Waals surface area contributed by atoms with Crippen molar-refractivity contribution >= 4 is 5.82 Å². The molecule has 0 aliphatic rings. The number of nitrogens with zero attached hydrogens (tertiary/aromatic N) is 2. The fourth-order valence-electron chi connectivity index (χ4n) is 1.83. The second-order valence-corrected chi connectivity index (χ2v) is 4.35. The van der Waals surface area contributed by atoms with Gasteiger partial charge in [-0.15, -0.1) is 0 Å². The van der Waals surface area contributed by atoms with E-state index in [-0.39, 0.29) is 0 Å². The third-order valence-corrected chi connectivity index (χ3v) is 2.83. The fourth-order valence-corrected chi connectivity index (χ4v) is 1.83. The summed E-state index contributed by atoms with van der Waals surface area (Å²) in [6.45, 7) is 4.45. The molecule has 2 aromatic rings. The summed E-state index contributed by atoms with van der Waals surface area (Å²) in [7, 11) is 1.84. The zero-order valence-electron chi connectivity index (χ0n) is 11.6. The van der Waals surface area contributed by atoms with Crippen LogP contribution < -0.4 is 10.1 Å². The minimum absolute atomic E-state index is 0.378. The third-order valence-electron chi connectivity index (χ3n) is 2.83. The number of nitrogens with one attached hydrogen (secondary N) is 1. The van der Waals surface area contributed by atoms with Gasteiger partial charge < -0.3 is 10.1 Å². The van der Waals surface area contributed by atoms with Crippen LogP contribution in [0.3, 0.4) is 0 Å². The Hall–Kier alpha value is -2.10. The van der Waals surface area contributed by atoms with Crippen molar-refractivity contribution in [1.82, 2.24) is 9.97 Å². The van der Waals surface area contributed by atoms with E-state index in [9.17, 15) is 0 Å². The monoisotopic (exact) mass is 257 g/mol. The van der Waals surface area contributed by atoms with E-state index < -0.39 is 0 Å². The Morgan fingerprint density at radius 2 is 2.05 bits per heavy atom. The van der Waals surface area contributed by atoms with E-state index in [0.29, 0.717) is 12.4 Å². The van der Waals surface area contributed by atoms with Crippen molar-refractivity contribution in [3.05, 3.63) is 47.4 Å². The van der Waals surface area contributed by atoms with Crippen molar-refractivity contribution < 1.29 is 4.74 Å². The summed E-state index contributed by atoms with van der Waals surface area (Å²) < 4.78 is 5.74. The highest BCUT2D eigenvalue weighted by atomic mass is 16.5. The predicted molar refractivity (Wildman–Crippen MR) is 76.5 cm³/mol. The second-order valence-electron chi connectivity index (χ2n) is 4.35. The topological polar surface area (TPSA) is 47.0 Å². The lowest BCUT2D eigenvalue weighted by molar-refractivity contribution is 0.295. The molecule has 4 nitrogen and oxygen atoms in total. The summed E-state index contributed by atoms with van der Waals surface area (Å²) in [6.07, 6.45) is 1.00. The maximum absolute atomic E-state index is 5.74. The van der Waals surface area contributed by atoms with Crippen molar-refractivity contribution in [2.45, 2.75) is 26.9 Å². The van der Waals surface area contributed by atoms with Gasteiger partial charge in [-0.3, -0.25) is 0 Å². The van der Waals surface area contributed by atoms with Gasteiger partial charge in [0.15, 0.2) is 5.82 Å². The number of anilines is 1. The van der Waals surface area contributed by atoms with Gasteiger partial charge >= 0.3 is 0 Å². The number of rotatable bonds is 5. The highest BCUT2D eigenvalue weighted by molar-refractivity contribution is 5.34. The van der Waals surface area contributed by atoms with Gasteiger partial charge in [-0.2, -0.15) is 0 Å². The molecule has 0 bridgehead atoms. The quantitative estimate of drug-likeness (QED) is 0.894. The van der Waals surface area contributed by atoms with Crippen LogP contribution in [0.1, 0.15) is 24.0 Å². The number of benzene rings is 1. The van der Waals surface area contributed by atoms with Crippen molar-refractivity contribution in [3.8, 4) is 5.75 Å². The molecule has 1 aromatic heterocycles. The molecule has 1 heterocycles. The Morgan fingerprint density at radius 1 is 1.21 bits per heavy atom. The molecular formula is C15H19N3O. The van der Waals surface area contributed by atoms with Gasteiger partial charge in [-0.1, -0.05) is 19.1 Å². The Morgan fingerprint density at radius 3 is 2.79 bits per heavy atom. The van der Waals surface area contributed by atoms with Gasteiger partial charge in [0, 0.05) is 18.8 Å². The first-order valence-electron chi connectivity index (χ1n) is 6.45. The number of hydrogen-bond acceptors (Lipinski definition) is 4. The zero-order valence-corrected chi connectivity index (χ0v) is 11.6. The van der Waals surface area contributed by atoms with Crippen LogP contribution in [-0.2, 0) is 13.0 Å². The summed E-state index contributed by atoms with van der Waals surface area (Å²) in [5.41, 5.74) is 2.19. The first-order valence-corrected chi connectivity index (χ1v) is 6.45. The Bertz CT molecular complexity index is 555. The van der Waals surface area contributed by atoms with Gasteiger partial charge in [-0.05, 0) is 31.0 Å². The van der Waals surface area contributed by atoms with Crippen molar-refractivity contribution in [2.24, 2.45) is 0 Å². The normalized spacial score (nSPS) is 10.3. The molecule has 0 amide bonds. The molecule has 2 rings (SSSR count). The van der Waals surface area contributed by atoms with Gasteiger partial charge in [0.1, 0.15) is 18.2 Å². The van der Waals surface area contributed by atoms with E-state index in [1.54, 1.807) is 0 Å². The molecule has 0 aliphatic carbocycles. The van der Waals surface area contributed by atoms with E-state index in [1.165, 1.54) is 5.56 Å². The van der Waals surface area contributed by atoms with Crippen LogP contribution in [0.25, 0.3) is 0 Å². The summed E-state index contributed by atoms with van der Waals surface area (Å²) >= 11 is 0. The number of aromatic nitrogens is 2. The Labute approximate surface area is 113 Å². The molecule has 0 spiro atoms. The SMILES string of the molecule is CCc1cccc(OCc2nc(C)cc(NC)n2)c1. The van der Waals surface area contributed by atoms with E-state index in [1.807, 2.05) is 32.2 Å². The molecular weight excluding hydrogens is 238 g/mol. The van der Waals surface area contributed by atoms with E-state index in [4.69, 9.17) is 4.74 Å². The molecule has 0 saturated heterocycles. The van der Waals surface area contributed by atoms with Crippen LogP contribution in [0.5, 0.6) is 5.75 Å². The predicted octanol–water partition coefficient (Wildman–Crippen LogP) is 2.97. The number of hydrogen-bond donors (Lipinski definition) is 1. The molecule has 0 atom stereocenters. The maximum atomic E-state index is 5.74. The molecule has 4 heteroatoms. The first kappa shape index (κ1) is 13.3. The summed E-state index contributed by atoms with van der Waals surface area (Å²) in [6, 6.07) is 10.0. The standard InChI is InChI=1S/C15H19N3O/c1-4-12-6-5-7-13(9-12)19-10-15-17-11(2)8-14(16-3)18-15/h5-9H,4,10H2,1-3H3,(H,16,17,18). The molecule has 100 valence electrons. The van der Waals surface area contributed by atoms with Gasteiger partial charge in [-0.25, -0.2) is 9.97 Å². The Kier molecular flexibility index (Phi) is 4.34. The smallest absolute Gasteiger partial charge is 0.168 e. The minimum Gasteiger partial charge on any atom is -0.486 e. The van der Waals surface area contributed by atoms with Crippen LogP contribution in [0.15, 0.2) is 30.3 Å². The molecule has 0 unspecified atom stereocenters. The lowest BCUT2D eigenvalue weighted by Gasteiger charge is -2.08. The van der Waals surface area contributed by atoms with Crippen LogP contribution in [0.2, 0.25) is 0 Å². The third kappa shape index (κ3) is 3.68. The highest BCUT2D eigenvalue weighted by Gasteiger charge is 2.03. The fraction of sp³-hybridized carbons (Fsp3) is 0.333. The van der Waals surface area contributed by atoms with Crippen molar-refractivity contribution in [1.29, 1.82) is 0 Å². The van der Waals surface area contributed by atoms with Crippen molar-refractivity contribution in [2.75, 3.05) is 12.4 Å². The number of aryl methyl sites for hydroxylation is 2. The average Bonchev–Trinajstić information content (AvgIpc) is 2.44. The lowest BCUT2D eigenvalue weighted by atomic mass is 10.2. The largest absolute Gasteiger partial charge is 0.486 e. The van der Waals surface area contributed by atoms with Crippen LogP contribution >= 0.6 is 0 Å². The van der Waals surface area contributed by atoms with Crippen LogP contribution in [-0.4, -0.2) is 17.0 Å². The summed E-state index contributed by atoms with van der Waals surface area (Å²) in [5, 5.41) is 3.02. The van der Waals surface area contributed by atoms with Gasteiger partial charge in [0.2, 0.25) is 0 Å². The molecule has 0 radical (unpaired) electrons. The zero-order chi connectivity index (χ0) is 13.7. The second kappa shape index (κ2) is 6.18. The molecule has 0 fully saturated rings. The number of ether oxygens (including phenoxy) is 1. The van der Waals surface area contributed by atoms with E-state index in [2.05, 4.69) is 34.3 Å². The molecule has 19 heavy (non-hydrogen) atoms. The van der Waals surface area contributed by atoms with Gasteiger partial charge in [0.25, 0.3) is 0 Å². The maximum Gasteiger partial charge on any atom is 0.168 e. The summed E-state index contributed by atoms with van der Waals surface area (Å²) in [4.78, 5) is 8.73. The van der Waals surface area contributed by atoms with Crippen molar-refractivity contribution in [3.63, 3.8) is 0 Å². The molecule has 0 saturated carbocycles.